The predicted molar refractivity (Wildman–Crippen MR) is 270 cm³/mol. The summed E-state index contributed by atoms with van der Waals surface area (Å²) in [5, 5.41) is 19.3. The van der Waals surface area contributed by atoms with Gasteiger partial charge < -0.3 is 24.6 Å². The first-order chi connectivity index (χ1) is 31.8. The molecule has 3 N–H and O–H groups in total. The molecule has 0 amide bonds. The number of hydrogen-bond donors (Lipinski definition) is 3. The van der Waals surface area contributed by atoms with Crippen molar-refractivity contribution in [2.75, 3.05) is 26.4 Å². The van der Waals surface area contributed by atoms with Gasteiger partial charge in [0.25, 0.3) is 0 Å². The quantitative estimate of drug-likeness (QED) is 0.0233. The van der Waals surface area contributed by atoms with Crippen LogP contribution in [0, 0.1) is 0 Å². The number of aliphatic hydroxyl groups is 2. The van der Waals surface area contributed by atoms with E-state index < -0.39 is 58.4 Å². The van der Waals surface area contributed by atoms with Crippen molar-refractivity contribution in [3.63, 3.8) is 0 Å². The zero-order valence-electron chi connectivity index (χ0n) is 42.0. The number of unbranched alkanes of at least 4 members (excludes halogenated alkanes) is 31. The minimum Gasteiger partial charge on any atom is -0.457 e. The number of carbonyl (C=O) groups is 2. The zero-order valence-corrected chi connectivity index (χ0v) is 42.9. The summed E-state index contributed by atoms with van der Waals surface area (Å²) >= 11 is 0. The number of aliphatic hydroxyl groups excluding tert-OH is 2. The Morgan fingerprint density at radius 1 is 0.415 bits per heavy atom. The van der Waals surface area contributed by atoms with E-state index in [4.69, 9.17) is 18.5 Å². The molecule has 0 aromatic carbocycles. The van der Waals surface area contributed by atoms with E-state index in [0.29, 0.717) is 12.8 Å². The lowest BCUT2D eigenvalue weighted by molar-refractivity contribution is -0.153. The lowest BCUT2D eigenvalue weighted by atomic mass is 10.1. The van der Waals surface area contributed by atoms with Gasteiger partial charge in [-0.25, -0.2) is 4.57 Å². The van der Waals surface area contributed by atoms with Gasteiger partial charge in [-0.3, -0.25) is 18.6 Å². The van der Waals surface area contributed by atoms with Gasteiger partial charge in [-0.1, -0.05) is 211 Å². The fourth-order valence-electron chi connectivity index (χ4n) is 7.67. The molecule has 11 heteroatoms. The number of carbonyl (C=O) groups excluding carboxylic acids is 2. The van der Waals surface area contributed by atoms with E-state index in [2.05, 4.69) is 50.3 Å². The Kier molecular flexibility index (Phi) is 48.7. The predicted octanol–water partition coefficient (Wildman–Crippen LogP) is 15.5. The molecule has 3 unspecified atom stereocenters. The largest absolute Gasteiger partial charge is 0.472 e. The van der Waals surface area contributed by atoms with E-state index in [1.807, 2.05) is 0 Å². The highest BCUT2D eigenvalue weighted by Gasteiger charge is 2.27. The van der Waals surface area contributed by atoms with Gasteiger partial charge in [0.05, 0.1) is 26.4 Å². The van der Waals surface area contributed by atoms with Crippen LogP contribution in [0.3, 0.4) is 0 Å². The molecule has 0 aromatic rings. The van der Waals surface area contributed by atoms with E-state index in [9.17, 15) is 29.3 Å². The molecule has 0 saturated heterocycles. The molecule has 0 aromatic heterocycles. The van der Waals surface area contributed by atoms with E-state index in [0.717, 1.165) is 51.4 Å². The third-order valence-corrected chi connectivity index (χ3v) is 12.8. The molecule has 0 bridgehead atoms. The normalized spacial score (nSPS) is 13.9. The molecular formula is C54H101O10P. The van der Waals surface area contributed by atoms with Crippen LogP contribution < -0.4 is 0 Å². The van der Waals surface area contributed by atoms with E-state index in [1.165, 1.54) is 167 Å². The molecule has 10 nitrogen and oxygen atoms in total. The Labute approximate surface area is 399 Å². The standard InChI is InChI=1S/C54H101O10P/c1-3-5-7-9-11-13-15-17-19-21-23-25-27-29-31-33-35-37-39-41-43-45-53(57)63-51(47-55)49-61-65(59,60)62-50-52(48-56)64-54(58)46-44-42-40-38-36-34-32-30-28-26-24-22-20-18-16-14-12-10-8-6-4-2/h15,17,21-24,51-52,55-56H,3-14,16,18-20,25-50H2,1-2H3,(H,59,60)/b17-15-,23-21-,24-22-. The minimum absolute atomic E-state index is 0.188. The van der Waals surface area contributed by atoms with Crippen LogP contribution in [0.2, 0.25) is 0 Å². The van der Waals surface area contributed by atoms with E-state index in [-0.39, 0.29) is 12.8 Å². The molecule has 0 aliphatic carbocycles. The summed E-state index contributed by atoms with van der Waals surface area (Å²) in [5.74, 6) is -1.02. The first-order valence-corrected chi connectivity index (χ1v) is 28.4. The monoisotopic (exact) mass is 941 g/mol. The summed E-state index contributed by atoms with van der Waals surface area (Å²) in [6.45, 7) is 2.24. The third-order valence-electron chi connectivity index (χ3n) is 11.8. The highest BCUT2D eigenvalue weighted by molar-refractivity contribution is 7.47. The van der Waals surface area contributed by atoms with Crippen molar-refractivity contribution < 1.29 is 47.8 Å². The number of hydrogen-bond acceptors (Lipinski definition) is 9. The van der Waals surface area contributed by atoms with Crippen LogP contribution in [0.4, 0.5) is 0 Å². The van der Waals surface area contributed by atoms with Crippen LogP contribution in [-0.2, 0) is 32.7 Å². The van der Waals surface area contributed by atoms with Crippen LogP contribution in [0.1, 0.15) is 258 Å². The van der Waals surface area contributed by atoms with E-state index in [1.54, 1.807) is 0 Å². The maximum Gasteiger partial charge on any atom is 0.472 e. The first-order valence-electron chi connectivity index (χ1n) is 26.9. The van der Waals surface area contributed by atoms with Gasteiger partial charge in [0.2, 0.25) is 0 Å². The third kappa shape index (κ3) is 48.5. The molecule has 0 rings (SSSR count). The second-order valence-electron chi connectivity index (χ2n) is 18.2. The summed E-state index contributed by atoms with van der Waals surface area (Å²) in [4.78, 5) is 34.7. The molecule has 0 spiro atoms. The highest BCUT2D eigenvalue weighted by atomic mass is 31.2. The average Bonchev–Trinajstić information content (AvgIpc) is 3.30. The second kappa shape index (κ2) is 50.1. The molecule has 0 aliphatic rings. The molecule has 0 saturated carbocycles. The van der Waals surface area contributed by atoms with Gasteiger partial charge in [-0.05, 0) is 70.6 Å². The lowest BCUT2D eigenvalue weighted by Gasteiger charge is -2.20. The topological polar surface area (TPSA) is 149 Å². The molecule has 65 heavy (non-hydrogen) atoms. The molecular weight excluding hydrogens is 840 g/mol. The van der Waals surface area contributed by atoms with Crippen LogP contribution in [0.15, 0.2) is 36.5 Å². The van der Waals surface area contributed by atoms with Crippen LogP contribution in [0.5, 0.6) is 0 Å². The fraction of sp³-hybridized carbons (Fsp3) is 0.852. The molecule has 3 atom stereocenters. The number of esters is 2. The summed E-state index contributed by atoms with van der Waals surface area (Å²) in [5.41, 5.74) is 0. The Balaban J connectivity index is 3.82. The highest BCUT2D eigenvalue weighted by Crippen LogP contribution is 2.43. The summed E-state index contributed by atoms with van der Waals surface area (Å²) in [7, 11) is -4.64. The smallest absolute Gasteiger partial charge is 0.457 e. The second-order valence-corrected chi connectivity index (χ2v) is 19.7. The first kappa shape index (κ1) is 63.2. The number of phosphoric ester groups is 1. The van der Waals surface area contributed by atoms with Crippen molar-refractivity contribution in [2.24, 2.45) is 0 Å². The van der Waals surface area contributed by atoms with E-state index >= 15 is 0 Å². The van der Waals surface area contributed by atoms with Crippen molar-refractivity contribution in [1.29, 1.82) is 0 Å². The van der Waals surface area contributed by atoms with Crippen molar-refractivity contribution in [3.05, 3.63) is 36.5 Å². The molecule has 0 aliphatic heterocycles. The lowest BCUT2D eigenvalue weighted by Crippen LogP contribution is -2.28. The van der Waals surface area contributed by atoms with Gasteiger partial charge in [0.1, 0.15) is 12.2 Å². The maximum absolute atomic E-state index is 12.4. The number of rotatable bonds is 51. The molecule has 0 heterocycles. The van der Waals surface area contributed by atoms with Crippen LogP contribution >= 0.6 is 7.82 Å². The van der Waals surface area contributed by atoms with Gasteiger partial charge in [0.15, 0.2) is 0 Å². The zero-order chi connectivity index (χ0) is 47.6. The fourth-order valence-corrected chi connectivity index (χ4v) is 8.46. The summed E-state index contributed by atoms with van der Waals surface area (Å²) in [6.07, 6.45) is 55.5. The van der Waals surface area contributed by atoms with Gasteiger partial charge in [-0.15, -0.1) is 0 Å². The number of phosphoric acid groups is 1. The minimum atomic E-state index is -4.64. The van der Waals surface area contributed by atoms with Crippen LogP contribution in [0.25, 0.3) is 0 Å². The SMILES string of the molecule is CCCCCCC/C=C\C/C=C\CCCCCCCCCCCC(=O)OC(CO)COP(=O)(O)OCC(CO)OC(=O)CCCCCCCCCCC/C=C\CCCCCCCCCC. The Morgan fingerprint density at radius 3 is 0.969 bits per heavy atom. The molecule has 0 fully saturated rings. The van der Waals surface area contributed by atoms with Crippen LogP contribution in [-0.4, -0.2) is 65.7 Å². The van der Waals surface area contributed by atoms with Crippen molar-refractivity contribution in [3.8, 4) is 0 Å². The van der Waals surface area contributed by atoms with Gasteiger partial charge in [-0.2, -0.15) is 0 Å². The van der Waals surface area contributed by atoms with Crippen molar-refractivity contribution in [2.45, 2.75) is 270 Å². The number of ether oxygens (including phenoxy) is 2. The molecule has 0 radical (unpaired) electrons. The Hall–Kier alpha value is -1.81. The van der Waals surface area contributed by atoms with Crippen molar-refractivity contribution in [1.82, 2.24) is 0 Å². The Bertz CT molecular complexity index is 1170. The van der Waals surface area contributed by atoms with Gasteiger partial charge in [0, 0.05) is 12.8 Å². The Morgan fingerprint density at radius 2 is 0.677 bits per heavy atom. The average molecular weight is 941 g/mol. The maximum atomic E-state index is 12.4. The number of allylic oxidation sites excluding steroid dienone is 6. The van der Waals surface area contributed by atoms with Crippen molar-refractivity contribution >= 4 is 19.8 Å². The van der Waals surface area contributed by atoms with Gasteiger partial charge >= 0.3 is 19.8 Å². The molecule has 382 valence electrons. The summed E-state index contributed by atoms with van der Waals surface area (Å²) < 4.78 is 32.8. The summed E-state index contributed by atoms with van der Waals surface area (Å²) in [6, 6.07) is 0.